The number of aromatic nitrogens is 3. The van der Waals surface area contributed by atoms with Gasteiger partial charge in [0.05, 0.1) is 12.4 Å². The van der Waals surface area contributed by atoms with Crippen LogP contribution in [-0.4, -0.2) is 87.0 Å². The number of benzene rings is 1. The number of amides is 3. The lowest BCUT2D eigenvalue weighted by Gasteiger charge is -2.25. The molecular formula is C29H43N11O5. The number of carbonyl (C=O) groups is 4. The number of nitrogens with zero attached hydrogens (tertiary/aromatic N) is 2. The van der Waals surface area contributed by atoms with Crippen LogP contribution in [0.25, 0.3) is 10.9 Å². The van der Waals surface area contributed by atoms with E-state index in [1.54, 1.807) is 6.20 Å². The van der Waals surface area contributed by atoms with Crippen molar-refractivity contribution in [3.63, 3.8) is 0 Å². The number of carboxylic acid groups (broad SMARTS) is 1. The van der Waals surface area contributed by atoms with Crippen LogP contribution in [0.15, 0.2) is 48.0 Å². The first-order chi connectivity index (χ1) is 21.6. The van der Waals surface area contributed by atoms with Crippen molar-refractivity contribution >= 4 is 40.6 Å². The number of imidazole rings is 1. The first-order valence-corrected chi connectivity index (χ1v) is 14.8. The molecule has 0 bridgehead atoms. The van der Waals surface area contributed by atoms with Crippen molar-refractivity contribution in [2.45, 2.75) is 69.1 Å². The predicted molar refractivity (Wildman–Crippen MR) is 169 cm³/mol. The summed E-state index contributed by atoms with van der Waals surface area (Å²) in [6, 6.07) is 3.21. The van der Waals surface area contributed by atoms with Gasteiger partial charge in [-0.25, -0.2) is 9.78 Å². The van der Waals surface area contributed by atoms with Gasteiger partial charge in [0, 0.05) is 42.0 Å². The summed E-state index contributed by atoms with van der Waals surface area (Å²) in [5.41, 5.74) is 24.8. The van der Waals surface area contributed by atoms with Crippen molar-refractivity contribution in [2.24, 2.45) is 27.9 Å². The van der Waals surface area contributed by atoms with Gasteiger partial charge in [-0.2, -0.15) is 0 Å². The molecular weight excluding hydrogens is 582 g/mol. The van der Waals surface area contributed by atoms with E-state index >= 15 is 0 Å². The number of aliphatic carboxylic acids is 1. The third-order valence-electron chi connectivity index (χ3n) is 7.20. The Morgan fingerprint density at radius 3 is 2.27 bits per heavy atom. The quantitative estimate of drug-likeness (QED) is 0.0428. The van der Waals surface area contributed by atoms with Crippen LogP contribution in [0.1, 0.15) is 43.4 Å². The highest BCUT2D eigenvalue weighted by Crippen LogP contribution is 2.19. The summed E-state index contributed by atoms with van der Waals surface area (Å²) >= 11 is 0. The maximum Gasteiger partial charge on any atom is 0.326 e. The fourth-order valence-corrected chi connectivity index (χ4v) is 4.80. The second-order valence-electron chi connectivity index (χ2n) is 10.7. The molecule has 0 spiro atoms. The molecule has 2 aromatic heterocycles. The molecule has 4 atom stereocenters. The summed E-state index contributed by atoms with van der Waals surface area (Å²) in [5.74, 6) is -3.25. The van der Waals surface area contributed by atoms with Crippen molar-refractivity contribution in [1.29, 1.82) is 0 Å². The fourth-order valence-electron chi connectivity index (χ4n) is 4.80. The minimum Gasteiger partial charge on any atom is -0.480 e. The molecule has 0 aliphatic rings. The number of fused-ring (bicyclic) bond motifs is 1. The van der Waals surface area contributed by atoms with E-state index in [0.29, 0.717) is 31.5 Å². The van der Waals surface area contributed by atoms with E-state index in [9.17, 15) is 24.3 Å². The van der Waals surface area contributed by atoms with Gasteiger partial charge in [-0.3, -0.25) is 19.4 Å². The molecule has 0 fully saturated rings. The van der Waals surface area contributed by atoms with Crippen LogP contribution in [0.3, 0.4) is 0 Å². The molecule has 0 radical (unpaired) electrons. The number of para-hydroxylation sites is 1. The zero-order valence-corrected chi connectivity index (χ0v) is 25.0. The normalized spacial score (nSPS) is 13.7. The topological polar surface area (TPSA) is 286 Å². The highest BCUT2D eigenvalue weighted by molar-refractivity contribution is 5.94. The number of nitrogens with one attached hydrogen (secondary N) is 5. The first-order valence-electron chi connectivity index (χ1n) is 14.8. The summed E-state index contributed by atoms with van der Waals surface area (Å²) in [7, 11) is 0. The van der Waals surface area contributed by atoms with E-state index in [2.05, 4.69) is 35.9 Å². The zero-order valence-electron chi connectivity index (χ0n) is 25.0. The number of rotatable bonds is 19. The van der Waals surface area contributed by atoms with Crippen LogP contribution < -0.4 is 38.9 Å². The number of H-pyrrole nitrogens is 2. The molecule has 16 heteroatoms. The number of nitrogens with two attached hydrogens (primary N) is 4. The molecule has 1 aromatic carbocycles. The molecule has 0 saturated heterocycles. The van der Waals surface area contributed by atoms with Gasteiger partial charge in [0.2, 0.25) is 17.7 Å². The Kier molecular flexibility index (Phi) is 13.3. The molecule has 45 heavy (non-hydrogen) atoms. The lowest BCUT2D eigenvalue weighted by molar-refractivity contribution is -0.142. The molecule has 0 aliphatic heterocycles. The third-order valence-corrected chi connectivity index (χ3v) is 7.20. The number of aromatic amines is 2. The highest BCUT2D eigenvalue weighted by Gasteiger charge is 2.30. The Balaban J connectivity index is 1.72. The lowest BCUT2D eigenvalue weighted by atomic mass is 10.0. The first kappa shape index (κ1) is 34.5. The number of hydrogen-bond donors (Lipinski definition) is 10. The lowest BCUT2D eigenvalue weighted by Crippen LogP contribution is -2.57. The van der Waals surface area contributed by atoms with Crippen LogP contribution in [0, 0.1) is 0 Å². The SMILES string of the molecule is NCCCCC(NC(=O)C(Cc1cnc[nH]1)NC(=O)C(N)Cc1c[nH]c2ccccc12)C(=O)NC(CCCN=C(N)N)C(=O)O. The van der Waals surface area contributed by atoms with E-state index in [-0.39, 0.29) is 38.2 Å². The average Bonchev–Trinajstić information content (AvgIpc) is 3.67. The number of unbranched alkanes of at least 4 members (excludes halogenated alkanes) is 1. The summed E-state index contributed by atoms with van der Waals surface area (Å²) < 4.78 is 0. The molecule has 4 unspecified atom stereocenters. The standard InChI is InChI=1S/C29H43N11O5/c30-10-4-3-8-22(26(42)39-23(28(44)45)9-5-11-35-29(32)33)38-27(43)24(13-18-15-34-16-37-18)40-25(41)20(31)12-17-14-36-21-7-2-1-6-19(17)21/h1-2,6-7,14-16,20,22-24,36H,3-5,8-13,30-31H2,(H,34,37)(H,38,43)(H,39,42)(H,40,41)(H,44,45)(H4,32,33,35). The Morgan fingerprint density at radius 2 is 1.58 bits per heavy atom. The van der Waals surface area contributed by atoms with Gasteiger partial charge in [-0.15, -0.1) is 0 Å². The summed E-state index contributed by atoms with van der Waals surface area (Å²) in [5, 5.41) is 18.5. The molecule has 16 nitrogen and oxygen atoms in total. The Bertz CT molecular complexity index is 1440. The zero-order chi connectivity index (χ0) is 32.8. The molecule has 2 heterocycles. The average molecular weight is 626 g/mol. The van der Waals surface area contributed by atoms with Crippen LogP contribution in [0.4, 0.5) is 0 Å². The molecule has 3 amide bonds. The van der Waals surface area contributed by atoms with E-state index in [1.165, 1.54) is 12.5 Å². The second-order valence-corrected chi connectivity index (χ2v) is 10.7. The number of aliphatic imine (C=N–C) groups is 1. The minimum atomic E-state index is -1.24. The largest absolute Gasteiger partial charge is 0.480 e. The minimum absolute atomic E-state index is 0.0388. The monoisotopic (exact) mass is 625 g/mol. The molecule has 0 aliphatic carbocycles. The Hall–Kier alpha value is -4.96. The second kappa shape index (κ2) is 17.4. The van der Waals surface area contributed by atoms with Gasteiger partial charge in [0.25, 0.3) is 0 Å². The number of guanidine groups is 1. The van der Waals surface area contributed by atoms with Gasteiger partial charge in [-0.05, 0) is 56.7 Å². The smallest absolute Gasteiger partial charge is 0.326 e. The van der Waals surface area contributed by atoms with Gasteiger partial charge >= 0.3 is 5.97 Å². The van der Waals surface area contributed by atoms with Gasteiger partial charge < -0.3 is 54.0 Å². The van der Waals surface area contributed by atoms with E-state index in [4.69, 9.17) is 22.9 Å². The van der Waals surface area contributed by atoms with Crippen LogP contribution in [0.2, 0.25) is 0 Å². The molecule has 0 saturated carbocycles. The van der Waals surface area contributed by atoms with Crippen molar-refractivity contribution < 1.29 is 24.3 Å². The van der Waals surface area contributed by atoms with Crippen molar-refractivity contribution in [1.82, 2.24) is 30.9 Å². The molecule has 3 rings (SSSR count). The van der Waals surface area contributed by atoms with Crippen molar-refractivity contribution in [3.8, 4) is 0 Å². The van der Waals surface area contributed by atoms with Crippen LogP contribution in [-0.2, 0) is 32.0 Å². The van der Waals surface area contributed by atoms with E-state index < -0.39 is 47.9 Å². The highest BCUT2D eigenvalue weighted by atomic mass is 16.4. The predicted octanol–water partition coefficient (Wildman–Crippen LogP) is -1.27. The van der Waals surface area contributed by atoms with E-state index in [1.807, 2.05) is 24.3 Å². The van der Waals surface area contributed by atoms with Crippen LogP contribution in [0.5, 0.6) is 0 Å². The van der Waals surface area contributed by atoms with Crippen molar-refractivity contribution in [3.05, 3.63) is 54.2 Å². The Morgan fingerprint density at radius 1 is 0.889 bits per heavy atom. The van der Waals surface area contributed by atoms with Crippen molar-refractivity contribution in [2.75, 3.05) is 13.1 Å². The van der Waals surface area contributed by atoms with Gasteiger partial charge in [-0.1, -0.05) is 18.2 Å². The van der Waals surface area contributed by atoms with Gasteiger partial charge in [0.15, 0.2) is 5.96 Å². The van der Waals surface area contributed by atoms with Gasteiger partial charge in [0.1, 0.15) is 18.1 Å². The summed E-state index contributed by atoms with van der Waals surface area (Å²) in [6.45, 7) is 0.563. The number of carbonyl (C=O) groups excluding carboxylic acids is 3. The maximum atomic E-state index is 13.6. The third kappa shape index (κ3) is 10.9. The Labute approximate surface area is 260 Å². The maximum absolute atomic E-state index is 13.6. The molecule has 14 N–H and O–H groups in total. The fraction of sp³-hybridized carbons (Fsp3) is 0.448. The molecule has 244 valence electrons. The summed E-state index contributed by atoms with van der Waals surface area (Å²) in [4.78, 5) is 65.8. The number of carboxylic acids is 1. The molecule has 3 aromatic rings. The van der Waals surface area contributed by atoms with Crippen LogP contribution >= 0.6 is 0 Å². The number of hydrogen-bond acceptors (Lipinski definition) is 8. The van der Waals surface area contributed by atoms with E-state index in [0.717, 1.165) is 16.5 Å². The summed E-state index contributed by atoms with van der Waals surface area (Å²) in [6.07, 6.45) is 6.64.